The second-order valence-corrected chi connectivity index (χ2v) is 9.25. The van der Waals surface area contributed by atoms with E-state index in [-0.39, 0.29) is 17.1 Å². The predicted octanol–water partition coefficient (Wildman–Crippen LogP) is 2.78. The molecule has 8 nitrogen and oxygen atoms in total. The summed E-state index contributed by atoms with van der Waals surface area (Å²) in [4.78, 5) is 14.8. The van der Waals surface area contributed by atoms with E-state index >= 15 is 0 Å². The molecule has 1 aromatic heterocycles. The Hall–Kier alpha value is -3.69. The van der Waals surface area contributed by atoms with E-state index in [1.165, 1.54) is 43.8 Å². The second-order valence-electron chi connectivity index (χ2n) is 7.46. The Morgan fingerprint density at radius 1 is 1.00 bits per heavy atom. The molecule has 172 valence electrons. The van der Waals surface area contributed by atoms with Gasteiger partial charge in [-0.3, -0.25) is 4.79 Å². The number of anilines is 1. The van der Waals surface area contributed by atoms with E-state index in [0.29, 0.717) is 16.0 Å². The van der Waals surface area contributed by atoms with Crippen LogP contribution in [0.3, 0.4) is 0 Å². The summed E-state index contributed by atoms with van der Waals surface area (Å²) in [5.41, 5.74) is 1.51. The maximum atomic E-state index is 13.6. The number of carbonyl (C=O) groups is 1. The van der Waals surface area contributed by atoms with Crippen molar-refractivity contribution in [2.24, 2.45) is 0 Å². The highest BCUT2D eigenvalue weighted by Crippen LogP contribution is 2.29. The number of methoxy groups -OCH3 is 1. The van der Waals surface area contributed by atoms with Crippen LogP contribution in [-0.4, -0.2) is 47.0 Å². The molecule has 0 N–H and O–H groups in total. The van der Waals surface area contributed by atoms with Gasteiger partial charge in [-0.2, -0.15) is 4.73 Å². The molecule has 9 heteroatoms. The molecule has 2 aromatic carbocycles. The average Bonchev–Trinajstić information content (AvgIpc) is 2.79. The van der Waals surface area contributed by atoms with Crippen LogP contribution in [0, 0.1) is 5.21 Å². The molecule has 0 radical (unpaired) electrons. The molecule has 0 aliphatic rings. The Morgan fingerprint density at radius 2 is 1.64 bits per heavy atom. The number of likely N-dealkylation sites (N-methyl/N-ethyl adjacent to an activating group) is 1. The summed E-state index contributed by atoms with van der Waals surface area (Å²) >= 11 is 0. The minimum atomic E-state index is -4.21. The molecule has 0 unspecified atom stereocenters. The smallest absolute Gasteiger partial charge is 0.270 e. The van der Waals surface area contributed by atoms with Gasteiger partial charge in [0, 0.05) is 12.1 Å². The van der Waals surface area contributed by atoms with Gasteiger partial charge in [-0.15, -0.1) is 0 Å². The summed E-state index contributed by atoms with van der Waals surface area (Å²) in [5.74, 6) is -0.0884. The molecule has 0 spiro atoms. The molecule has 1 amide bonds. The lowest BCUT2D eigenvalue weighted by molar-refractivity contribution is -0.605. The number of sulfonamides is 1. The SMILES string of the molecule is COc1ccc(S(=O)(=O)N(C(=O)CN(C)C)c2ccccc2/C=C/c2cc[n+]([O-])cc2)cc1. The highest BCUT2D eigenvalue weighted by molar-refractivity contribution is 7.93. The molecule has 0 bridgehead atoms. The van der Waals surface area contributed by atoms with Crippen molar-refractivity contribution in [1.82, 2.24) is 4.90 Å². The van der Waals surface area contributed by atoms with Crippen molar-refractivity contribution >= 4 is 33.8 Å². The lowest BCUT2D eigenvalue weighted by Crippen LogP contribution is -2.42. The number of ether oxygens (including phenoxy) is 1. The van der Waals surface area contributed by atoms with E-state index in [0.717, 1.165) is 9.87 Å². The van der Waals surface area contributed by atoms with Crippen molar-refractivity contribution < 1.29 is 22.7 Å². The third kappa shape index (κ3) is 5.76. The fourth-order valence-electron chi connectivity index (χ4n) is 3.12. The molecule has 3 rings (SSSR count). The fraction of sp³-hybridized carbons (Fsp3) is 0.167. The average molecular weight is 468 g/mol. The Balaban J connectivity index is 2.09. The van der Waals surface area contributed by atoms with Gasteiger partial charge in [0.25, 0.3) is 15.9 Å². The van der Waals surface area contributed by atoms with Crippen molar-refractivity contribution in [2.75, 3.05) is 32.1 Å². The number of nitrogens with zero attached hydrogens (tertiary/aromatic N) is 3. The summed E-state index contributed by atoms with van der Waals surface area (Å²) in [5, 5.41) is 11.3. The Labute approximate surface area is 193 Å². The van der Waals surface area contributed by atoms with E-state index in [1.54, 1.807) is 67.5 Å². The fourth-order valence-corrected chi connectivity index (χ4v) is 4.56. The van der Waals surface area contributed by atoms with E-state index < -0.39 is 15.9 Å². The van der Waals surface area contributed by atoms with E-state index in [9.17, 15) is 18.4 Å². The molecule has 0 fully saturated rings. The zero-order chi connectivity index (χ0) is 24.0. The summed E-state index contributed by atoms with van der Waals surface area (Å²) in [6.45, 7) is -0.102. The van der Waals surface area contributed by atoms with Crippen molar-refractivity contribution in [3.05, 3.63) is 89.4 Å². The van der Waals surface area contributed by atoms with Crippen LogP contribution in [0.1, 0.15) is 11.1 Å². The lowest BCUT2D eigenvalue weighted by Gasteiger charge is -2.25. The largest absolute Gasteiger partial charge is 0.619 e. The van der Waals surface area contributed by atoms with Crippen molar-refractivity contribution in [2.45, 2.75) is 4.90 Å². The maximum Gasteiger partial charge on any atom is 0.270 e. The molecule has 1 heterocycles. The van der Waals surface area contributed by atoms with Crippen LogP contribution in [0.5, 0.6) is 5.75 Å². The third-order valence-electron chi connectivity index (χ3n) is 4.71. The molecule has 33 heavy (non-hydrogen) atoms. The van der Waals surface area contributed by atoms with E-state index in [4.69, 9.17) is 4.74 Å². The molecular formula is C24H25N3O5S. The van der Waals surface area contributed by atoms with Crippen LogP contribution >= 0.6 is 0 Å². The Morgan fingerprint density at radius 3 is 2.24 bits per heavy atom. The highest BCUT2D eigenvalue weighted by Gasteiger charge is 2.32. The predicted molar refractivity (Wildman–Crippen MR) is 127 cm³/mol. The monoisotopic (exact) mass is 467 g/mol. The highest BCUT2D eigenvalue weighted by atomic mass is 32.2. The van der Waals surface area contributed by atoms with Gasteiger partial charge in [0.2, 0.25) is 0 Å². The number of hydrogen-bond acceptors (Lipinski definition) is 6. The number of carbonyl (C=O) groups excluding carboxylic acids is 1. The number of benzene rings is 2. The topological polar surface area (TPSA) is 93.9 Å². The van der Waals surface area contributed by atoms with Gasteiger partial charge in [0.05, 0.1) is 24.2 Å². The van der Waals surface area contributed by atoms with Gasteiger partial charge in [0.15, 0.2) is 12.4 Å². The van der Waals surface area contributed by atoms with Crippen molar-refractivity contribution in [3.63, 3.8) is 0 Å². The van der Waals surface area contributed by atoms with Gasteiger partial charge < -0.3 is 14.8 Å². The van der Waals surface area contributed by atoms with Crippen molar-refractivity contribution in [1.29, 1.82) is 0 Å². The number of rotatable bonds is 8. The summed E-state index contributed by atoms with van der Waals surface area (Å²) in [7, 11) is 0.664. The van der Waals surface area contributed by atoms with Gasteiger partial charge in [-0.05, 0) is 55.6 Å². The van der Waals surface area contributed by atoms with Crippen molar-refractivity contribution in [3.8, 4) is 5.75 Å². The number of pyridine rings is 1. The van der Waals surface area contributed by atoms with Crippen LogP contribution < -0.4 is 13.8 Å². The van der Waals surface area contributed by atoms with Gasteiger partial charge >= 0.3 is 0 Å². The van der Waals surface area contributed by atoms with Crippen LogP contribution in [0.25, 0.3) is 12.2 Å². The Kier molecular flexibility index (Phi) is 7.47. The molecule has 3 aromatic rings. The first-order valence-electron chi connectivity index (χ1n) is 10.1. The minimum Gasteiger partial charge on any atom is -0.619 e. The number of para-hydroxylation sites is 1. The first-order valence-corrected chi connectivity index (χ1v) is 11.5. The maximum absolute atomic E-state index is 13.6. The van der Waals surface area contributed by atoms with Crippen LogP contribution in [0.2, 0.25) is 0 Å². The molecular weight excluding hydrogens is 442 g/mol. The summed E-state index contributed by atoms with van der Waals surface area (Å²) in [6.07, 6.45) is 6.19. The van der Waals surface area contributed by atoms with Gasteiger partial charge in [-0.1, -0.05) is 30.4 Å². The van der Waals surface area contributed by atoms with Gasteiger partial charge in [-0.25, -0.2) is 12.7 Å². The number of amides is 1. The molecule has 0 aliphatic carbocycles. The molecule has 0 aliphatic heterocycles. The first-order chi connectivity index (χ1) is 15.7. The lowest BCUT2D eigenvalue weighted by atomic mass is 10.1. The molecule has 0 saturated heterocycles. The summed E-state index contributed by atoms with van der Waals surface area (Å²) < 4.78 is 33.8. The van der Waals surface area contributed by atoms with Crippen LogP contribution in [-0.2, 0) is 14.8 Å². The first kappa shape index (κ1) is 24.0. The Bertz CT molecular complexity index is 1240. The summed E-state index contributed by atoms with van der Waals surface area (Å²) in [6, 6.07) is 15.9. The normalized spacial score (nSPS) is 11.6. The molecule has 0 saturated carbocycles. The quantitative estimate of drug-likeness (QED) is 0.374. The zero-order valence-electron chi connectivity index (χ0n) is 18.6. The second kappa shape index (κ2) is 10.3. The van der Waals surface area contributed by atoms with E-state index in [1.807, 2.05) is 0 Å². The number of aromatic nitrogens is 1. The van der Waals surface area contributed by atoms with Crippen LogP contribution in [0.15, 0.2) is 78.0 Å². The minimum absolute atomic E-state index is 0.0303. The third-order valence-corrected chi connectivity index (χ3v) is 6.46. The number of hydrogen-bond donors (Lipinski definition) is 0. The van der Waals surface area contributed by atoms with E-state index in [2.05, 4.69) is 0 Å². The van der Waals surface area contributed by atoms with Gasteiger partial charge in [0.1, 0.15) is 5.75 Å². The van der Waals surface area contributed by atoms with Crippen LogP contribution in [0.4, 0.5) is 5.69 Å². The standard InChI is InChI=1S/C24H25N3O5S/c1-25(2)18-24(28)27(33(30,31)22-12-10-21(32-3)11-13-22)23-7-5-4-6-20(23)9-8-19-14-16-26(29)17-15-19/h4-17H,18H2,1-3H3/b9-8+. The zero-order valence-corrected chi connectivity index (χ0v) is 19.4. The molecule has 0 atom stereocenters.